The summed E-state index contributed by atoms with van der Waals surface area (Å²) in [6.07, 6.45) is 0. The third kappa shape index (κ3) is 2.07. The maximum absolute atomic E-state index is 6.71. The summed E-state index contributed by atoms with van der Waals surface area (Å²) in [5, 5.41) is 5.04. The minimum atomic E-state index is -1.20. The number of fused-ring (bicyclic) bond motifs is 1. The summed E-state index contributed by atoms with van der Waals surface area (Å²) in [6, 6.07) is 25.2. The van der Waals surface area contributed by atoms with Gasteiger partial charge in [-0.3, -0.25) is 0 Å². The number of hydrogen-bond donors (Lipinski definition) is 0. The molecule has 18 heavy (non-hydrogen) atoms. The molecule has 0 amide bonds. The molecule has 1 radical (unpaired) electrons. The molecule has 0 spiro atoms. The van der Waals surface area contributed by atoms with Crippen molar-refractivity contribution in [3.8, 4) is 0 Å². The molecular weight excluding hydrogens is 256 g/mol. The van der Waals surface area contributed by atoms with Gasteiger partial charge in [0, 0.05) is 0 Å². The SMILES string of the molecule is Cl[Si](c1ccccc1)c1cccc2ccccc12. The van der Waals surface area contributed by atoms with Crippen molar-refractivity contribution >= 4 is 40.3 Å². The van der Waals surface area contributed by atoms with Crippen molar-refractivity contribution in [1.29, 1.82) is 0 Å². The summed E-state index contributed by atoms with van der Waals surface area (Å²) in [5.74, 6) is 0. The summed E-state index contributed by atoms with van der Waals surface area (Å²) in [6.45, 7) is 0. The highest BCUT2D eigenvalue weighted by Gasteiger charge is 2.16. The number of rotatable bonds is 2. The summed E-state index contributed by atoms with van der Waals surface area (Å²) in [7, 11) is -1.20. The van der Waals surface area contributed by atoms with E-state index in [9.17, 15) is 0 Å². The van der Waals surface area contributed by atoms with E-state index < -0.39 is 8.11 Å². The van der Waals surface area contributed by atoms with Gasteiger partial charge in [0.1, 0.15) is 0 Å². The van der Waals surface area contributed by atoms with E-state index in [0.29, 0.717) is 0 Å². The molecule has 0 saturated carbocycles. The van der Waals surface area contributed by atoms with E-state index in [1.165, 1.54) is 21.1 Å². The molecule has 0 aliphatic carbocycles. The lowest BCUT2D eigenvalue weighted by molar-refractivity contribution is 1.75. The second-order valence-corrected chi connectivity index (χ2v) is 7.08. The van der Waals surface area contributed by atoms with Crippen molar-refractivity contribution in [3.05, 3.63) is 72.8 Å². The fraction of sp³-hybridized carbons (Fsp3) is 0. The maximum Gasteiger partial charge on any atom is 0.234 e. The molecular formula is C16H12ClSi. The van der Waals surface area contributed by atoms with E-state index in [1.807, 2.05) is 18.2 Å². The van der Waals surface area contributed by atoms with Crippen LogP contribution in [0.4, 0.5) is 0 Å². The lowest BCUT2D eigenvalue weighted by atomic mass is 10.1. The van der Waals surface area contributed by atoms with Gasteiger partial charge >= 0.3 is 0 Å². The number of halogens is 1. The van der Waals surface area contributed by atoms with Gasteiger partial charge in [0.05, 0.1) is 0 Å². The smallest absolute Gasteiger partial charge is 0.156 e. The molecule has 2 heteroatoms. The average Bonchev–Trinajstić information content (AvgIpc) is 2.47. The first-order valence-corrected chi connectivity index (χ1v) is 8.43. The normalized spacial score (nSPS) is 11.0. The van der Waals surface area contributed by atoms with Crippen molar-refractivity contribution in [1.82, 2.24) is 0 Å². The topological polar surface area (TPSA) is 0 Å². The molecule has 0 aliphatic rings. The Kier molecular flexibility index (Phi) is 3.18. The zero-order chi connectivity index (χ0) is 12.4. The molecule has 0 aromatic heterocycles. The average molecular weight is 268 g/mol. The van der Waals surface area contributed by atoms with Crippen LogP contribution >= 0.6 is 11.1 Å². The van der Waals surface area contributed by atoms with Gasteiger partial charge in [0.15, 0.2) is 0 Å². The molecule has 0 heterocycles. The first-order valence-electron chi connectivity index (χ1n) is 5.92. The van der Waals surface area contributed by atoms with Crippen LogP contribution in [0.2, 0.25) is 0 Å². The minimum Gasteiger partial charge on any atom is -0.156 e. The molecule has 0 bridgehead atoms. The molecule has 87 valence electrons. The standard InChI is InChI=1S/C16H12ClSi/c17-18(14-9-2-1-3-10-14)16-12-6-8-13-7-4-5-11-15(13)16/h1-12H. The Hall–Kier alpha value is -1.57. The zero-order valence-electron chi connectivity index (χ0n) is 9.81. The zero-order valence-corrected chi connectivity index (χ0v) is 11.6. The summed E-state index contributed by atoms with van der Waals surface area (Å²) in [5.41, 5.74) is 0. The highest BCUT2D eigenvalue weighted by molar-refractivity contribution is 7.22. The van der Waals surface area contributed by atoms with Crippen molar-refractivity contribution in [2.75, 3.05) is 0 Å². The third-order valence-electron chi connectivity index (χ3n) is 3.05. The van der Waals surface area contributed by atoms with E-state index in [2.05, 4.69) is 54.6 Å². The van der Waals surface area contributed by atoms with Gasteiger partial charge in [-0.15, -0.1) is 0 Å². The summed E-state index contributed by atoms with van der Waals surface area (Å²) in [4.78, 5) is 0. The quantitative estimate of drug-likeness (QED) is 0.494. The third-order valence-corrected chi connectivity index (χ3v) is 6.07. The van der Waals surface area contributed by atoms with Crippen molar-refractivity contribution < 1.29 is 0 Å². The van der Waals surface area contributed by atoms with Gasteiger partial charge in [-0.25, -0.2) is 0 Å². The van der Waals surface area contributed by atoms with Crippen LogP contribution in [-0.4, -0.2) is 8.11 Å². The lowest BCUT2D eigenvalue weighted by Crippen LogP contribution is -2.37. The minimum absolute atomic E-state index is 1.20. The van der Waals surface area contributed by atoms with Crippen LogP contribution in [0.3, 0.4) is 0 Å². The first kappa shape index (κ1) is 11.5. The van der Waals surface area contributed by atoms with E-state index in [1.54, 1.807) is 0 Å². The summed E-state index contributed by atoms with van der Waals surface area (Å²) < 4.78 is 0. The van der Waals surface area contributed by atoms with Gasteiger partial charge in [-0.05, 0) is 21.1 Å². The summed E-state index contributed by atoms with van der Waals surface area (Å²) >= 11 is 6.71. The van der Waals surface area contributed by atoms with Crippen molar-refractivity contribution in [3.63, 3.8) is 0 Å². The Morgan fingerprint density at radius 2 is 1.33 bits per heavy atom. The Morgan fingerprint density at radius 3 is 2.17 bits per heavy atom. The van der Waals surface area contributed by atoms with Crippen LogP contribution in [0.25, 0.3) is 10.8 Å². The van der Waals surface area contributed by atoms with Gasteiger partial charge in [-0.2, -0.15) is 11.1 Å². The van der Waals surface area contributed by atoms with Crippen molar-refractivity contribution in [2.24, 2.45) is 0 Å². The number of hydrogen-bond acceptors (Lipinski definition) is 0. The Morgan fingerprint density at radius 1 is 0.667 bits per heavy atom. The second kappa shape index (κ2) is 4.97. The predicted octanol–water partition coefficient (Wildman–Crippen LogP) is 3.18. The monoisotopic (exact) mass is 267 g/mol. The molecule has 0 N–H and O–H groups in total. The molecule has 0 atom stereocenters. The Balaban J connectivity index is 2.15. The molecule has 0 aliphatic heterocycles. The highest BCUT2D eigenvalue weighted by atomic mass is 35.6. The van der Waals surface area contributed by atoms with Gasteiger partial charge in [0.25, 0.3) is 0 Å². The van der Waals surface area contributed by atoms with Crippen LogP contribution in [0, 0.1) is 0 Å². The van der Waals surface area contributed by atoms with E-state index in [-0.39, 0.29) is 0 Å². The Bertz CT molecular complexity index is 659. The van der Waals surface area contributed by atoms with Gasteiger partial charge in [-0.1, -0.05) is 72.8 Å². The van der Waals surface area contributed by atoms with Crippen LogP contribution in [0.1, 0.15) is 0 Å². The van der Waals surface area contributed by atoms with Crippen LogP contribution < -0.4 is 10.4 Å². The molecule has 0 nitrogen and oxygen atoms in total. The lowest BCUT2D eigenvalue weighted by Gasteiger charge is -2.11. The van der Waals surface area contributed by atoms with Gasteiger partial charge in [0.2, 0.25) is 8.11 Å². The van der Waals surface area contributed by atoms with Crippen LogP contribution in [-0.2, 0) is 0 Å². The van der Waals surface area contributed by atoms with E-state index >= 15 is 0 Å². The second-order valence-electron chi connectivity index (χ2n) is 4.21. The van der Waals surface area contributed by atoms with Gasteiger partial charge < -0.3 is 0 Å². The fourth-order valence-electron chi connectivity index (χ4n) is 2.16. The molecule has 3 aromatic carbocycles. The molecule has 0 unspecified atom stereocenters. The fourth-order valence-corrected chi connectivity index (χ4v) is 4.53. The molecule has 3 rings (SSSR count). The maximum atomic E-state index is 6.71. The molecule has 0 saturated heterocycles. The predicted molar refractivity (Wildman–Crippen MR) is 81.3 cm³/mol. The van der Waals surface area contributed by atoms with Crippen LogP contribution in [0.5, 0.6) is 0 Å². The molecule has 0 fully saturated rings. The number of benzene rings is 3. The highest BCUT2D eigenvalue weighted by Crippen LogP contribution is 2.12. The Labute approximate surface area is 113 Å². The van der Waals surface area contributed by atoms with Crippen LogP contribution in [0.15, 0.2) is 72.8 Å². The van der Waals surface area contributed by atoms with E-state index in [0.717, 1.165) is 0 Å². The van der Waals surface area contributed by atoms with E-state index in [4.69, 9.17) is 11.1 Å². The molecule has 3 aromatic rings. The first-order chi connectivity index (χ1) is 8.86. The largest absolute Gasteiger partial charge is 0.234 e. The van der Waals surface area contributed by atoms with Crippen molar-refractivity contribution in [2.45, 2.75) is 0 Å².